The van der Waals surface area contributed by atoms with E-state index in [-0.39, 0.29) is 0 Å². The molecule has 5 rings (SSSR count). The largest absolute Gasteiger partial charge is 0.469 e. The Hall–Kier alpha value is -3.38. The van der Waals surface area contributed by atoms with E-state index in [1.807, 2.05) is 49.4 Å². The second-order valence-electron chi connectivity index (χ2n) is 6.65. The van der Waals surface area contributed by atoms with Gasteiger partial charge in [0.2, 0.25) is 0 Å². The number of aromatic nitrogens is 4. The minimum Gasteiger partial charge on any atom is -0.469 e. The van der Waals surface area contributed by atoms with Crippen molar-refractivity contribution in [2.75, 3.05) is 0 Å². The van der Waals surface area contributed by atoms with Crippen molar-refractivity contribution in [3.8, 4) is 17.1 Å². The highest BCUT2D eigenvalue weighted by atomic mass is 32.2. The van der Waals surface area contributed by atoms with Crippen LogP contribution in [-0.2, 0) is 5.75 Å². The highest BCUT2D eigenvalue weighted by molar-refractivity contribution is 7.98. The van der Waals surface area contributed by atoms with Gasteiger partial charge in [-0.15, -0.1) is 10.2 Å². The third-order valence-corrected chi connectivity index (χ3v) is 5.72. The molecule has 6 heteroatoms. The van der Waals surface area contributed by atoms with Crippen LogP contribution in [0.1, 0.15) is 11.5 Å². The molecule has 5 nitrogen and oxygen atoms in total. The average Bonchev–Trinajstić information content (AvgIpc) is 3.38. The van der Waals surface area contributed by atoms with E-state index in [1.54, 1.807) is 18.0 Å². The molecule has 0 fully saturated rings. The summed E-state index contributed by atoms with van der Waals surface area (Å²) in [6, 6.07) is 24.4. The van der Waals surface area contributed by atoms with Crippen LogP contribution >= 0.6 is 11.8 Å². The van der Waals surface area contributed by atoms with Gasteiger partial charge >= 0.3 is 0 Å². The van der Waals surface area contributed by atoms with Crippen LogP contribution < -0.4 is 0 Å². The molecule has 5 aromatic rings. The minimum atomic E-state index is 0.709. The van der Waals surface area contributed by atoms with Crippen LogP contribution in [-0.4, -0.2) is 19.7 Å². The Balaban J connectivity index is 1.51. The number of para-hydroxylation sites is 2. The van der Waals surface area contributed by atoms with Crippen LogP contribution in [0.25, 0.3) is 28.0 Å². The van der Waals surface area contributed by atoms with Gasteiger partial charge in [0.15, 0.2) is 11.0 Å². The van der Waals surface area contributed by atoms with Gasteiger partial charge in [0.05, 0.1) is 23.0 Å². The first-order valence-electron chi connectivity index (χ1n) is 9.32. The molecule has 29 heavy (non-hydrogen) atoms. The van der Waals surface area contributed by atoms with Gasteiger partial charge in [-0.25, -0.2) is 0 Å². The molecule has 3 aromatic heterocycles. The summed E-state index contributed by atoms with van der Waals surface area (Å²) in [6.07, 6.45) is 1.68. The molecule has 0 spiro atoms. The maximum atomic E-state index is 5.49. The maximum Gasteiger partial charge on any atom is 0.196 e. The number of hydrogen-bond donors (Lipinski definition) is 0. The molecule has 3 heterocycles. The molecule has 0 saturated carbocycles. The third-order valence-electron chi connectivity index (χ3n) is 4.75. The molecule has 0 atom stereocenters. The quantitative estimate of drug-likeness (QED) is 0.357. The van der Waals surface area contributed by atoms with Crippen molar-refractivity contribution in [3.63, 3.8) is 0 Å². The van der Waals surface area contributed by atoms with Gasteiger partial charge < -0.3 is 4.42 Å². The van der Waals surface area contributed by atoms with E-state index in [0.29, 0.717) is 5.75 Å². The summed E-state index contributed by atoms with van der Waals surface area (Å²) < 4.78 is 7.56. The van der Waals surface area contributed by atoms with E-state index in [9.17, 15) is 0 Å². The normalized spacial score (nSPS) is 11.2. The SMILES string of the molecule is Cc1occc1-c1nnc(SCc2ccc3ccccc3n2)n1-c1ccccc1. The molecule has 0 bridgehead atoms. The number of pyridine rings is 1. The molecule has 2 aromatic carbocycles. The first-order valence-corrected chi connectivity index (χ1v) is 10.3. The second kappa shape index (κ2) is 7.56. The molecular formula is C23H18N4OS. The first kappa shape index (κ1) is 17.7. The Morgan fingerprint density at radius 3 is 2.55 bits per heavy atom. The molecule has 0 aliphatic carbocycles. The monoisotopic (exact) mass is 398 g/mol. The van der Waals surface area contributed by atoms with Gasteiger partial charge in [0.1, 0.15) is 5.76 Å². The Kier molecular flexibility index (Phi) is 4.62. The van der Waals surface area contributed by atoms with Gasteiger partial charge in [-0.05, 0) is 37.3 Å². The van der Waals surface area contributed by atoms with E-state index in [2.05, 4.69) is 45.1 Å². The van der Waals surface area contributed by atoms with Gasteiger partial charge in [0.25, 0.3) is 0 Å². The van der Waals surface area contributed by atoms with E-state index < -0.39 is 0 Å². The van der Waals surface area contributed by atoms with Crippen molar-refractivity contribution < 1.29 is 4.42 Å². The molecule has 0 amide bonds. The number of thioether (sulfide) groups is 1. The summed E-state index contributed by atoms with van der Waals surface area (Å²) in [4.78, 5) is 4.77. The van der Waals surface area contributed by atoms with Crippen LogP contribution in [0, 0.1) is 6.92 Å². The summed E-state index contributed by atoms with van der Waals surface area (Å²) in [7, 11) is 0. The smallest absolute Gasteiger partial charge is 0.196 e. The Morgan fingerprint density at radius 1 is 0.897 bits per heavy atom. The fraction of sp³-hybridized carbons (Fsp3) is 0.0870. The van der Waals surface area contributed by atoms with Crippen molar-refractivity contribution >= 4 is 22.7 Å². The Morgan fingerprint density at radius 2 is 1.72 bits per heavy atom. The first-order chi connectivity index (χ1) is 14.3. The zero-order valence-electron chi connectivity index (χ0n) is 15.8. The summed E-state index contributed by atoms with van der Waals surface area (Å²) in [6.45, 7) is 1.94. The third kappa shape index (κ3) is 3.43. The lowest BCUT2D eigenvalue weighted by Gasteiger charge is -2.10. The molecule has 0 saturated heterocycles. The maximum absolute atomic E-state index is 5.49. The molecule has 0 aliphatic heterocycles. The second-order valence-corrected chi connectivity index (χ2v) is 7.59. The molecule has 0 radical (unpaired) electrons. The summed E-state index contributed by atoms with van der Waals surface area (Å²) in [5, 5.41) is 10.9. The van der Waals surface area contributed by atoms with Gasteiger partial charge in [-0.3, -0.25) is 9.55 Å². The number of nitrogens with zero attached hydrogens (tertiary/aromatic N) is 4. The fourth-order valence-corrected chi connectivity index (χ4v) is 4.15. The van der Waals surface area contributed by atoms with E-state index in [0.717, 1.165) is 44.6 Å². The summed E-state index contributed by atoms with van der Waals surface area (Å²) in [5.41, 5.74) is 3.97. The highest BCUT2D eigenvalue weighted by Gasteiger charge is 2.19. The van der Waals surface area contributed by atoms with Crippen molar-refractivity contribution in [3.05, 3.63) is 90.5 Å². The lowest BCUT2D eigenvalue weighted by atomic mass is 10.2. The molecule has 0 aliphatic rings. The Bertz CT molecular complexity index is 1280. The van der Waals surface area contributed by atoms with Gasteiger partial charge in [-0.2, -0.15) is 0 Å². The predicted molar refractivity (Wildman–Crippen MR) is 115 cm³/mol. The molecular weight excluding hydrogens is 380 g/mol. The number of furan rings is 1. The zero-order chi connectivity index (χ0) is 19.6. The standard InChI is InChI=1S/C23H18N4OS/c1-16-20(13-14-28-16)22-25-26-23(27(22)19-8-3-2-4-9-19)29-15-18-12-11-17-7-5-6-10-21(17)24-18/h2-14H,15H2,1H3. The number of rotatable bonds is 5. The number of aryl methyl sites for hydroxylation is 1. The zero-order valence-corrected chi connectivity index (χ0v) is 16.6. The van der Waals surface area contributed by atoms with Crippen molar-refractivity contribution in [1.29, 1.82) is 0 Å². The lowest BCUT2D eigenvalue weighted by molar-refractivity contribution is 0.535. The van der Waals surface area contributed by atoms with Gasteiger partial charge in [0, 0.05) is 16.8 Å². The van der Waals surface area contributed by atoms with E-state index in [4.69, 9.17) is 9.40 Å². The lowest BCUT2D eigenvalue weighted by Crippen LogP contribution is -2.00. The highest BCUT2D eigenvalue weighted by Crippen LogP contribution is 2.31. The number of hydrogen-bond acceptors (Lipinski definition) is 5. The summed E-state index contributed by atoms with van der Waals surface area (Å²) in [5.74, 6) is 2.30. The van der Waals surface area contributed by atoms with Crippen molar-refractivity contribution in [2.45, 2.75) is 17.8 Å². The molecule has 0 unspecified atom stereocenters. The Labute approximate surface area is 172 Å². The number of fused-ring (bicyclic) bond motifs is 1. The van der Waals surface area contributed by atoms with E-state index >= 15 is 0 Å². The average molecular weight is 398 g/mol. The fourth-order valence-electron chi connectivity index (χ4n) is 3.29. The predicted octanol–water partition coefficient (Wildman–Crippen LogP) is 5.68. The molecule has 0 N–H and O–H groups in total. The summed E-state index contributed by atoms with van der Waals surface area (Å²) >= 11 is 1.62. The van der Waals surface area contributed by atoms with Crippen LogP contribution in [0.4, 0.5) is 0 Å². The van der Waals surface area contributed by atoms with Gasteiger partial charge in [-0.1, -0.05) is 54.2 Å². The van der Waals surface area contributed by atoms with Crippen LogP contribution in [0.2, 0.25) is 0 Å². The number of benzene rings is 2. The molecule has 142 valence electrons. The van der Waals surface area contributed by atoms with Crippen molar-refractivity contribution in [1.82, 2.24) is 19.7 Å². The minimum absolute atomic E-state index is 0.709. The van der Waals surface area contributed by atoms with E-state index in [1.165, 1.54) is 0 Å². The topological polar surface area (TPSA) is 56.7 Å². The van der Waals surface area contributed by atoms with Crippen LogP contribution in [0.5, 0.6) is 0 Å². The van der Waals surface area contributed by atoms with Crippen molar-refractivity contribution in [2.24, 2.45) is 0 Å². The van der Waals surface area contributed by atoms with Crippen LogP contribution in [0.3, 0.4) is 0 Å². The van der Waals surface area contributed by atoms with Crippen LogP contribution in [0.15, 0.2) is 88.6 Å².